The molecule has 0 aliphatic carbocycles. The van der Waals surface area contributed by atoms with Gasteiger partial charge >= 0.3 is 6.03 Å². The molecule has 0 saturated heterocycles. The number of aromatic nitrogens is 2. The second-order valence-corrected chi connectivity index (χ2v) is 5.36. The third kappa shape index (κ3) is 3.86. The molecule has 0 fully saturated rings. The van der Waals surface area contributed by atoms with Gasteiger partial charge in [0.1, 0.15) is 6.33 Å². The maximum atomic E-state index is 12.0. The molecule has 3 aromatic rings. The van der Waals surface area contributed by atoms with Gasteiger partial charge < -0.3 is 5.32 Å². The summed E-state index contributed by atoms with van der Waals surface area (Å²) in [5.74, 6) is 0.264. The zero-order valence-corrected chi connectivity index (χ0v) is 12.8. The Balaban J connectivity index is 1.69. The monoisotopic (exact) mass is 305 g/mol. The van der Waals surface area contributed by atoms with Crippen LogP contribution >= 0.6 is 0 Å². The summed E-state index contributed by atoms with van der Waals surface area (Å²) in [6.07, 6.45) is 5.58. The minimum Gasteiger partial charge on any atom is -0.337 e. The van der Waals surface area contributed by atoms with Crippen molar-refractivity contribution in [1.82, 2.24) is 14.9 Å². The smallest absolute Gasteiger partial charge is 0.326 e. The molecule has 0 bridgehead atoms. The second kappa shape index (κ2) is 7.40. The summed E-state index contributed by atoms with van der Waals surface area (Å²) in [5.41, 5.74) is 2.52. The highest BCUT2D eigenvalue weighted by atomic mass is 16.2. The molecule has 1 heterocycles. The quantitative estimate of drug-likeness (QED) is 0.782. The molecule has 0 aliphatic heterocycles. The highest BCUT2D eigenvalue weighted by Crippen LogP contribution is 2.27. The Labute approximate surface area is 135 Å². The lowest BCUT2D eigenvalue weighted by atomic mass is 9.88. The molecular weight excluding hydrogens is 286 g/mol. The van der Waals surface area contributed by atoms with Crippen molar-refractivity contribution >= 4 is 6.03 Å². The first-order valence-electron chi connectivity index (χ1n) is 7.70. The van der Waals surface area contributed by atoms with Crippen LogP contribution in [0.2, 0.25) is 0 Å². The minimum absolute atomic E-state index is 0.151. The molecule has 0 radical (unpaired) electrons. The lowest BCUT2D eigenvalue weighted by Crippen LogP contribution is -2.29. The molecule has 23 heavy (non-hydrogen) atoms. The van der Waals surface area contributed by atoms with E-state index in [-0.39, 0.29) is 11.9 Å². The fraction of sp³-hybridized carbons (Fsp3) is 0.158. The normalized spacial score (nSPS) is 10.7. The predicted octanol–water partition coefficient (Wildman–Crippen LogP) is 3.66. The topological polar surface area (TPSA) is 46.9 Å². The van der Waals surface area contributed by atoms with E-state index in [2.05, 4.69) is 58.8 Å². The molecule has 0 spiro atoms. The van der Waals surface area contributed by atoms with Crippen LogP contribution in [0.5, 0.6) is 0 Å². The highest BCUT2D eigenvalue weighted by Gasteiger charge is 2.14. The molecule has 0 saturated carbocycles. The lowest BCUT2D eigenvalue weighted by Gasteiger charge is -2.18. The number of amides is 1. The standard InChI is InChI=1S/C19H19N3O/c23-19(22-14-13-20-15-22)21-12-11-18(16-7-3-1-4-8-16)17-9-5-2-6-10-17/h1-10,13-15,18H,11-12H2,(H,21,23). The fourth-order valence-corrected chi connectivity index (χ4v) is 2.69. The molecule has 1 amide bonds. The van der Waals surface area contributed by atoms with Gasteiger partial charge in [0.15, 0.2) is 0 Å². The highest BCUT2D eigenvalue weighted by molar-refractivity contribution is 5.76. The van der Waals surface area contributed by atoms with Crippen LogP contribution in [0.1, 0.15) is 23.5 Å². The molecule has 116 valence electrons. The third-order valence-electron chi connectivity index (χ3n) is 3.85. The van der Waals surface area contributed by atoms with Crippen molar-refractivity contribution in [2.24, 2.45) is 0 Å². The Morgan fingerprint density at radius 3 is 2.13 bits per heavy atom. The van der Waals surface area contributed by atoms with Crippen molar-refractivity contribution in [3.63, 3.8) is 0 Å². The summed E-state index contributed by atoms with van der Waals surface area (Å²) < 4.78 is 1.44. The third-order valence-corrected chi connectivity index (χ3v) is 3.85. The van der Waals surface area contributed by atoms with Crippen molar-refractivity contribution in [2.45, 2.75) is 12.3 Å². The molecule has 0 aliphatic rings. The number of carbonyl (C=O) groups is 1. The summed E-state index contributed by atoms with van der Waals surface area (Å²) >= 11 is 0. The van der Waals surface area contributed by atoms with Crippen LogP contribution in [-0.4, -0.2) is 22.1 Å². The zero-order valence-electron chi connectivity index (χ0n) is 12.8. The van der Waals surface area contributed by atoms with Gasteiger partial charge in [-0.2, -0.15) is 0 Å². The summed E-state index contributed by atoms with van der Waals surface area (Å²) in [4.78, 5) is 15.9. The molecule has 4 nitrogen and oxygen atoms in total. The predicted molar refractivity (Wildman–Crippen MR) is 90.4 cm³/mol. The number of hydrogen-bond acceptors (Lipinski definition) is 2. The molecule has 3 rings (SSSR count). The maximum absolute atomic E-state index is 12.0. The van der Waals surface area contributed by atoms with E-state index in [1.165, 1.54) is 22.0 Å². The number of benzene rings is 2. The molecule has 1 aromatic heterocycles. The van der Waals surface area contributed by atoms with E-state index in [9.17, 15) is 4.79 Å². The van der Waals surface area contributed by atoms with Crippen LogP contribution in [0.15, 0.2) is 79.4 Å². The summed E-state index contributed by atoms with van der Waals surface area (Å²) in [7, 11) is 0. The van der Waals surface area contributed by atoms with E-state index in [1.54, 1.807) is 12.4 Å². The van der Waals surface area contributed by atoms with Crippen molar-refractivity contribution in [1.29, 1.82) is 0 Å². The van der Waals surface area contributed by atoms with E-state index in [0.717, 1.165) is 6.42 Å². The van der Waals surface area contributed by atoms with E-state index in [4.69, 9.17) is 0 Å². The number of carbonyl (C=O) groups excluding carboxylic acids is 1. The number of nitrogens with one attached hydrogen (secondary N) is 1. The van der Waals surface area contributed by atoms with E-state index < -0.39 is 0 Å². The van der Waals surface area contributed by atoms with Crippen molar-refractivity contribution in [3.8, 4) is 0 Å². The van der Waals surface area contributed by atoms with E-state index >= 15 is 0 Å². The van der Waals surface area contributed by atoms with Gasteiger partial charge in [0.2, 0.25) is 0 Å². The van der Waals surface area contributed by atoms with Crippen LogP contribution in [0, 0.1) is 0 Å². The second-order valence-electron chi connectivity index (χ2n) is 5.36. The largest absolute Gasteiger partial charge is 0.337 e. The van der Waals surface area contributed by atoms with Crippen LogP contribution < -0.4 is 5.32 Å². The lowest BCUT2D eigenvalue weighted by molar-refractivity contribution is 0.242. The van der Waals surface area contributed by atoms with E-state index in [1.807, 2.05) is 12.1 Å². The first kappa shape index (κ1) is 15.0. The first-order chi connectivity index (χ1) is 11.3. The molecule has 1 N–H and O–H groups in total. The van der Waals surface area contributed by atoms with Crippen LogP contribution in [0.3, 0.4) is 0 Å². The average Bonchev–Trinajstić information content (AvgIpc) is 3.15. The average molecular weight is 305 g/mol. The van der Waals surface area contributed by atoms with Gasteiger partial charge in [-0.15, -0.1) is 0 Å². The number of hydrogen-bond donors (Lipinski definition) is 1. The van der Waals surface area contributed by atoms with Crippen LogP contribution in [0.4, 0.5) is 4.79 Å². The Bertz CT molecular complexity index is 684. The van der Waals surface area contributed by atoms with Crippen LogP contribution in [0.25, 0.3) is 0 Å². The van der Waals surface area contributed by atoms with Gasteiger partial charge in [0.25, 0.3) is 0 Å². The van der Waals surface area contributed by atoms with Crippen molar-refractivity contribution in [3.05, 3.63) is 90.5 Å². The van der Waals surface area contributed by atoms with Gasteiger partial charge in [0.05, 0.1) is 0 Å². The SMILES string of the molecule is O=C(NCCC(c1ccccc1)c1ccccc1)n1ccnc1. The molecular formula is C19H19N3O. The first-order valence-corrected chi connectivity index (χ1v) is 7.70. The van der Waals surface area contributed by atoms with Gasteiger partial charge in [-0.3, -0.25) is 4.57 Å². The maximum Gasteiger partial charge on any atom is 0.326 e. The Morgan fingerprint density at radius 1 is 1.00 bits per heavy atom. The number of rotatable bonds is 5. The summed E-state index contributed by atoms with van der Waals surface area (Å²) in [5, 5.41) is 2.94. The van der Waals surface area contributed by atoms with Crippen molar-refractivity contribution < 1.29 is 4.79 Å². The molecule has 0 unspecified atom stereocenters. The Morgan fingerprint density at radius 2 is 1.61 bits per heavy atom. The van der Waals surface area contributed by atoms with Crippen LogP contribution in [-0.2, 0) is 0 Å². The van der Waals surface area contributed by atoms with Gasteiger partial charge in [-0.05, 0) is 17.5 Å². The zero-order chi connectivity index (χ0) is 15.9. The summed E-state index contributed by atoms with van der Waals surface area (Å²) in [6, 6.07) is 20.6. The minimum atomic E-state index is -0.151. The number of imidazole rings is 1. The van der Waals surface area contributed by atoms with E-state index in [0.29, 0.717) is 6.54 Å². The van der Waals surface area contributed by atoms with Gasteiger partial charge in [-0.25, -0.2) is 9.78 Å². The van der Waals surface area contributed by atoms with Crippen molar-refractivity contribution in [2.75, 3.05) is 6.54 Å². The van der Waals surface area contributed by atoms with Gasteiger partial charge in [-0.1, -0.05) is 60.7 Å². The van der Waals surface area contributed by atoms with Gasteiger partial charge in [0, 0.05) is 24.9 Å². The fourth-order valence-electron chi connectivity index (χ4n) is 2.69. The Kier molecular flexibility index (Phi) is 4.84. The molecule has 4 heteroatoms. The molecule has 2 aromatic carbocycles. The number of nitrogens with zero attached hydrogens (tertiary/aromatic N) is 2. The Hall–Kier alpha value is -2.88. The molecule has 0 atom stereocenters. The summed E-state index contributed by atoms with van der Waals surface area (Å²) in [6.45, 7) is 0.603.